The second-order valence-corrected chi connectivity index (χ2v) is 4.11. The predicted molar refractivity (Wildman–Crippen MR) is 62.1 cm³/mol. The molecule has 0 aliphatic rings. The van der Waals surface area contributed by atoms with Gasteiger partial charge in [-0.2, -0.15) is 0 Å². The molecular formula is C12H10BrN. The maximum atomic E-state index is 4.27. The molecule has 70 valence electrons. The van der Waals surface area contributed by atoms with Crippen LogP contribution >= 0.6 is 15.9 Å². The molecule has 0 radical (unpaired) electrons. The molecular weight excluding hydrogens is 238 g/mol. The minimum Gasteiger partial charge on any atom is -0.261 e. The summed E-state index contributed by atoms with van der Waals surface area (Å²) in [6, 6.07) is 12.3. The highest BCUT2D eigenvalue weighted by Crippen LogP contribution is 2.20. The van der Waals surface area contributed by atoms with Crippen molar-refractivity contribution in [3.63, 3.8) is 0 Å². The van der Waals surface area contributed by atoms with Gasteiger partial charge in [0.1, 0.15) is 0 Å². The average molecular weight is 248 g/mol. The maximum Gasteiger partial charge on any atom is 0.0373 e. The molecule has 2 aromatic rings. The van der Waals surface area contributed by atoms with Gasteiger partial charge in [-0.15, -0.1) is 0 Å². The highest BCUT2D eigenvalue weighted by Gasteiger charge is 1.96. The molecule has 0 saturated carbocycles. The SMILES string of the molecule is Cc1ccc(-c2ccc(Br)cc2)cn1. The number of aryl methyl sites for hydroxylation is 1. The summed E-state index contributed by atoms with van der Waals surface area (Å²) < 4.78 is 1.10. The van der Waals surface area contributed by atoms with E-state index in [0.29, 0.717) is 0 Å². The summed E-state index contributed by atoms with van der Waals surface area (Å²) in [7, 11) is 0. The normalized spacial score (nSPS) is 10.1. The molecule has 0 atom stereocenters. The second kappa shape index (κ2) is 3.93. The monoisotopic (exact) mass is 247 g/mol. The Kier molecular flexibility index (Phi) is 2.64. The van der Waals surface area contributed by atoms with Gasteiger partial charge >= 0.3 is 0 Å². The van der Waals surface area contributed by atoms with E-state index < -0.39 is 0 Å². The van der Waals surface area contributed by atoms with Gasteiger partial charge in [-0.3, -0.25) is 4.98 Å². The molecule has 0 aliphatic heterocycles. The Morgan fingerprint density at radius 2 is 1.57 bits per heavy atom. The summed E-state index contributed by atoms with van der Waals surface area (Å²) >= 11 is 3.41. The third-order valence-electron chi connectivity index (χ3n) is 2.09. The van der Waals surface area contributed by atoms with Crippen LogP contribution in [0.15, 0.2) is 47.1 Å². The van der Waals surface area contributed by atoms with Crippen LogP contribution < -0.4 is 0 Å². The van der Waals surface area contributed by atoms with Crippen LogP contribution in [0, 0.1) is 6.92 Å². The Morgan fingerprint density at radius 3 is 2.14 bits per heavy atom. The number of nitrogens with zero attached hydrogens (tertiary/aromatic N) is 1. The molecule has 1 heterocycles. The van der Waals surface area contributed by atoms with Crippen molar-refractivity contribution in [3.05, 3.63) is 52.8 Å². The summed E-state index contributed by atoms with van der Waals surface area (Å²) in [5.41, 5.74) is 3.40. The Morgan fingerprint density at radius 1 is 0.929 bits per heavy atom. The van der Waals surface area contributed by atoms with Gasteiger partial charge < -0.3 is 0 Å². The van der Waals surface area contributed by atoms with Crippen LogP contribution in [-0.4, -0.2) is 4.98 Å². The number of pyridine rings is 1. The van der Waals surface area contributed by atoms with E-state index in [-0.39, 0.29) is 0 Å². The van der Waals surface area contributed by atoms with E-state index >= 15 is 0 Å². The Bertz CT molecular complexity index is 374. The molecule has 1 aromatic heterocycles. The lowest BCUT2D eigenvalue weighted by atomic mass is 10.1. The highest BCUT2D eigenvalue weighted by atomic mass is 79.9. The topological polar surface area (TPSA) is 12.9 Å². The molecule has 0 unspecified atom stereocenters. The zero-order valence-electron chi connectivity index (χ0n) is 7.87. The molecule has 0 fully saturated rings. The van der Waals surface area contributed by atoms with Crippen LogP contribution in [-0.2, 0) is 0 Å². The van der Waals surface area contributed by atoms with Crippen molar-refractivity contribution in [3.8, 4) is 11.1 Å². The highest BCUT2D eigenvalue weighted by molar-refractivity contribution is 9.10. The molecule has 1 aromatic carbocycles. The van der Waals surface area contributed by atoms with Crippen molar-refractivity contribution in [1.82, 2.24) is 4.98 Å². The van der Waals surface area contributed by atoms with Crippen molar-refractivity contribution in [2.45, 2.75) is 6.92 Å². The van der Waals surface area contributed by atoms with E-state index in [0.717, 1.165) is 15.7 Å². The van der Waals surface area contributed by atoms with E-state index in [1.165, 1.54) is 5.56 Å². The van der Waals surface area contributed by atoms with Crippen molar-refractivity contribution >= 4 is 15.9 Å². The van der Waals surface area contributed by atoms with Gasteiger partial charge in [0, 0.05) is 21.9 Å². The van der Waals surface area contributed by atoms with Gasteiger partial charge in [-0.05, 0) is 30.7 Å². The molecule has 0 N–H and O–H groups in total. The number of halogens is 1. The van der Waals surface area contributed by atoms with E-state index in [4.69, 9.17) is 0 Å². The van der Waals surface area contributed by atoms with Crippen LogP contribution in [0.3, 0.4) is 0 Å². The first kappa shape index (κ1) is 9.41. The van der Waals surface area contributed by atoms with Crippen molar-refractivity contribution in [2.75, 3.05) is 0 Å². The van der Waals surface area contributed by atoms with E-state index in [1.54, 1.807) is 0 Å². The number of hydrogen-bond acceptors (Lipinski definition) is 1. The average Bonchev–Trinajstić information content (AvgIpc) is 2.21. The zero-order valence-corrected chi connectivity index (χ0v) is 9.45. The maximum absolute atomic E-state index is 4.27. The summed E-state index contributed by atoms with van der Waals surface area (Å²) in [6.45, 7) is 1.99. The molecule has 14 heavy (non-hydrogen) atoms. The van der Waals surface area contributed by atoms with Gasteiger partial charge in [-0.1, -0.05) is 34.1 Å². The smallest absolute Gasteiger partial charge is 0.0373 e. The quantitative estimate of drug-likeness (QED) is 0.747. The third kappa shape index (κ3) is 2.02. The first-order chi connectivity index (χ1) is 6.75. The minimum absolute atomic E-state index is 1.05. The fourth-order valence-electron chi connectivity index (χ4n) is 1.28. The first-order valence-electron chi connectivity index (χ1n) is 4.44. The van der Waals surface area contributed by atoms with Crippen LogP contribution in [0.25, 0.3) is 11.1 Å². The van der Waals surface area contributed by atoms with E-state index in [2.05, 4.69) is 39.1 Å². The lowest BCUT2D eigenvalue weighted by molar-refractivity contribution is 1.20. The van der Waals surface area contributed by atoms with Crippen molar-refractivity contribution in [1.29, 1.82) is 0 Å². The van der Waals surface area contributed by atoms with Crippen LogP contribution in [0.1, 0.15) is 5.69 Å². The fourth-order valence-corrected chi connectivity index (χ4v) is 1.55. The molecule has 2 heteroatoms. The molecule has 0 bridgehead atoms. The predicted octanol–water partition coefficient (Wildman–Crippen LogP) is 3.82. The molecule has 0 saturated heterocycles. The molecule has 1 nitrogen and oxygen atoms in total. The molecule has 2 rings (SSSR count). The Balaban J connectivity index is 2.40. The Labute approximate surface area is 91.9 Å². The largest absolute Gasteiger partial charge is 0.261 e. The lowest BCUT2D eigenvalue weighted by Crippen LogP contribution is -1.82. The molecule has 0 spiro atoms. The minimum atomic E-state index is 1.05. The Hall–Kier alpha value is -1.15. The van der Waals surface area contributed by atoms with Gasteiger partial charge in [0.05, 0.1) is 0 Å². The summed E-state index contributed by atoms with van der Waals surface area (Å²) in [6.07, 6.45) is 1.90. The van der Waals surface area contributed by atoms with Crippen LogP contribution in [0.2, 0.25) is 0 Å². The number of rotatable bonds is 1. The summed E-state index contributed by atoms with van der Waals surface area (Å²) in [4.78, 5) is 4.27. The van der Waals surface area contributed by atoms with Gasteiger partial charge in [0.25, 0.3) is 0 Å². The van der Waals surface area contributed by atoms with Crippen molar-refractivity contribution < 1.29 is 0 Å². The summed E-state index contributed by atoms with van der Waals surface area (Å²) in [5.74, 6) is 0. The molecule has 0 amide bonds. The zero-order chi connectivity index (χ0) is 9.97. The number of aromatic nitrogens is 1. The van der Waals surface area contributed by atoms with E-state index in [9.17, 15) is 0 Å². The van der Waals surface area contributed by atoms with Gasteiger partial charge in [-0.25, -0.2) is 0 Å². The first-order valence-corrected chi connectivity index (χ1v) is 5.23. The summed E-state index contributed by atoms with van der Waals surface area (Å²) in [5, 5.41) is 0. The van der Waals surface area contributed by atoms with Crippen LogP contribution in [0.5, 0.6) is 0 Å². The molecule has 0 aliphatic carbocycles. The van der Waals surface area contributed by atoms with Crippen molar-refractivity contribution in [2.24, 2.45) is 0 Å². The fraction of sp³-hybridized carbons (Fsp3) is 0.0833. The number of hydrogen-bond donors (Lipinski definition) is 0. The van der Waals surface area contributed by atoms with E-state index in [1.807, 2.05) is 31.3 Å². The van der Waals surface area contributed by atoms with Gasteiger partial charge in [0.15, 0.2) is 0 Å². The lowest BCUT2D eigenvalue weighted by Gasteiger charge is -2.01. The standard InChI is InChI=1S/C12H10BrN/c1-9-2-3-11(8-14-9)10-4-6-12(13)7-5-10/h2-8H,1H3. The van der Waals surface area contributed by atoms with Gasteiger partial charge in [0.2, 0.25) is 0 Å². The third-order valence-corrected chi connectivity index (χ3v) is 2.62. The second-order valence-electron chi connectivity index (χ2n) is 3.20. The van der Waals surface area contributed by atoms with Crippen LogP contribution in [0.4, 0.5) is 0 Å². The number of benzene rings is 1.